The molecule has 1 rings (SSSR count). The lowest BCUT2D eigenvalue weighted by atomic mass is 10.1. The van der Waals surface area contributed by atoms with Gasteiger partial charge in [-0.3, -0.25) is 0 Å². The van der Waals surface area contributed by atoms with Gasteiger partial charge in [-0.25, -0.2) is 0 Å². The number of rotatable bonds is 4. The van der Waals surface area contributed by atoms with E-state index in [1.165, 1.54) is 0 Å². The summed E-state index contributed by atoms with van der Waals surface area (Å²) in [5.41, 5.74) is 5.30. The molecule has 4 nitrogen and oxygen atoms in total. The molecule has 74 valence electrons. The number of aryl methyl sites for hydroxylation is 1. The average molecular weight is 201 g/mol. The van der Waals surface area contributed by atoms with Crippen molar-refractivity contribution < 1.29 is 4.52 Å². The quantitative estimate of drug-likeness (QED) is 0.792. The maximum atomic E-state index is 5.81. The number of hydrogen-bond donors (Lipinski definition) is 1. The van der Waals surface area contributed by atoms with Gasteiger partial charge in [0.2, 0.25) is 5.89 Å². The number of nitrogens with zero attached hydrogens (tertiary/aromatic N) is 2. The minimum atomic E-state index is -0.513. The van der Waals surface area contributed by atoms with Gasteiger partial charge in [0.25, 0.3) is 0 Å². The standard InChI is InChI=1S/C8H15N3OS/c1-8(2,9)7-10-6(12-11-7)4-5-13-3/h4-5,9H2,1-3H3. The minimum Gasteiger partial charge on any atom is -0.339 e. The Bertz CT molecular complexity index is 267. The van der Waals surface area contributed by atoms with Crippen molar-refractivity contribution in [3.8, 4) is 0 Å². The van der Waals surface area contributed by atoms with Gasteiger partial charge in [-0.1, -0.05) is 5.16 Å². The Morgan fingerprint density at radius 1 is 1.54 bits per heavy atom. The van der Waals surface area contributed by atoms with Crippen LogP contribution >= 0.6 is 11.8 Å². The van der Waals surface area contributed by atoms with Gasteiger partial charge in [0.05, 0.1) is 5.54 Å². The molecule has 0 aliphatic heterocycles. The van der Waals surface area contributed by atoms with Crippen molar-refractivity contribution in [1.29, 1.82) is 0 Å². The molecule has 0 atom stereocenters. The Labute approximate surface area is 82.3 Å². The van der Waals surface area contributed by atoms with Crippen LogP contribution in [0, 0.1) is 0 Å². The van der Waals surface area contributed by atoms with Gasteiger partial charge in [0.15, 0.2) is 5.82 Å². The second kappa shape index (κ2) is 4.11. The Morgan fingerprint density at radius 3 is 2.69 bits per heavy atom. The highest BCUT2D eigenvalue weighted by atomic mass is 32.2. The van der Waals surface area contributed by atoms with Crippen LogP contribution in [-0.2, 0) is 12.0 Å². The summed E-state index contributed by atoms with van der Waals surface area (Å²) in [6, 6.07) is 0. The topological polar surface area (TPSA) is 64.9 Å². The van der Waals surface area contributed by atoms with E-state index in [4.69, 9.17) is 10.3 Å². The van der Waals surface area contributed by atoms with Crippen molar-refractivity contribution >= 4 is 11.8 Å². The minimum absolute atomic E-state index is 0.513. The molecule has 0 aliphatic rings. The van der Waals surface area contributed by atoms with E-state index in [9.17, 15) is 0 Å². The molecule has 0 aromatic carbocycles. The van der Waals surface area contributed by atoms with Gasteiger partial charge in [-0.2, -0.15) is 16.7 Å². The smallest absolute Gasteiger partial charge is 0.227 e. The molecule has 1 heterocycles. The molecule has 1 aromatic rings. The highest BCUT2D eigenvalue weighted by molar-refractivity contribution is 7.98. The summed E-state index contributed by atoms with van der Waals surface area (Å²) < 4.78 is 5.04. The Morgan fingerprint density at radius 2 is 2.23 bits per heavy atom. The third-order valence-electron chi connectivity index (χ3n) is 1.56. The van der Waals surface area contributed by atoms with E-state index in [-0.39, 0.29) is 0 Å². The van der Waals surface area contributed by atoms with E-state index in [0.29, 0.717) is 11.7 Å². The molecule has 0 fully saturated rings. The Balaban J connectivity index is 2.64. The predicted octanol–water partition coefficient (Wildman–Crippen LogP) is 1.17. The summed E-state index contributed by atoms with van der Waals surface area (Å²) in [4.78, 5) is 4.20. The molecule has 0 saturated heterocycles. The second-order valence-electron chi connectivity index (χ2n) is 3.48. The number of thioether (sulfide) groups is 1. The molecule has 0 aliphatic carbocycles. The zero-order chi connectivity index (χ0) is 9.90. The molecule has 0 radical (unpaired) electrons. The fraction of sp³-hybridized carbons (Fsp3) is 0.750. The molecule has 2 N–H and O–H groups in total. The van der Waals surface area contributed by atoms with E-state index < -0.39 is 5.54 Å². The van der Waals surface area contributed by atoms with Crippen molar-refractivity contribution in [2.75, 3.05) is 12.0 Å². The molecule has 1 aromatic heterocycles. The third kappa shape index (κ3) is 3.00. The molecule has 0 amide bonds. The van der Waals surface area contributed by atoms with Crippen LogP contribution in [0.1, 0.15) is 25.6 Å². The van der Waals surface area contributed by atoms with E-state index in [0.717, 1.165) is 12.2 Å². The van der Waals surface area contributed by atoms with E-state index in [1.54, 1.807) is 11.8 Å². The summed E-state index contributed by atoms with van der Waals surface area (Å²) in [5.74, 6) is 2.23. The maximum Gasteiger partial charge on any atom is 0.227 e. The fourth-order valence-electron chi connectivity index (χ4n) is 0.807. The monoisotopic (exact) mass is 201 g/mol. The van der Waals surface area contributed by atoms with Crippen LogP contribution in [0.2, 0.25) is 0 Å². The van der Waals surface area contributed by atoms with Crippen molar-refractivity contribution in [2.24, 2.45) is 5.73 Å². The Hall–Kier alpha value is -0.550. The number of nitrogens with two attached hydrogens (primary N) is 1. The number of aromatic nitrogens is 2. The van der Waals surface area contributed by atoms with Gasteiger partial charge in [-0.15, -0.1) is 0 Å². The number of hydrogen-bond acceptors (Lipinski definition) is 5. The molecule has 13 heavy (non-hydrogen) atoms. The van der Waals surface area contributed by atoms with Crippen LogP contribution in [0.25, 0.3) is 0 Å². The molecule has 0 spiro atoms. The lowest BCUT2D eigenvalue weighted by Crippen LogP contribution is -2.30. The average Bonchev–Trinajstić information content (AvgIpc) is 2.47. The molecule has 0 bridgehead atoms. The molecule has 0 saturated carbocycles. The summed E-state index contributed by atoms with van der Waals surface area (Å²) in [6.07, 6.45) is 2.86. The fourth-order valence-corrected chi connectivity index (χ4v) is 1.19. The van der Waals surface area contributed by atoms with Crippen LogP contribution in [-0.4, -0.2) is 22.1 Å². The van der Waals surface area contributed by atoms with Crippen molar-refractivity contribution in [1.82, 2.24) is 10.1 Å². The summed E-state index contributed by atoms with van der Waals surface area (Å²) in [5, 5.41) is 3.82. The van der Waals surface area contributed by atoms with Crippen LogP contribution in [0.4, 0.5) is 0 Å². The van der Waals surface area contributed by atoms with Gasteiger partial charge < -0.3 is 10.3 Å². The van der Waals surface area contributed by atoms with Gasteiger partial charge in [0, 0.05) is 12.2 Å². The Kier molecular flexibility index (Phi) is 3.33. The molecular formula is C8H15N3OS. The van der Waals surface area contributed by atoms with Crippen LogP contribution in [0.3, 0.4) is 0 Å². The third-order valence-corrected chi connectivity index (χ3v) is 2.18. The van der Waals surface area contributed by atoms with Gasteiger partial charge in [-0.05, 0) is 20.1 Å². The van der Waals surface area contributed by atoms with Crippen molar-refractivity contribution in [3.63, 3.8) is 0 Å². The molecule has 0 unspecified atom stereocenters. The maximum absolute atomic E-state index is 5.81. The molecule has 5 heteroatoms. The van der Waals surface area contributed by atoms with Crippen LogP contribution in [0.5, 0.6) is 0 Å². The van der Waals surface area contributed by atoms with Crippen LogP contribution < -0.4 is 5.73 Å². The first-order chi connectivity index (χ1) is 6.04. The lowest BCUT2D eigenvalue weighted by Gasteiger charge is -2.11. The second-order valence-corrected chi connectivity index (χ2v) is 4.46. The SMILES string of the molecule is CSCCc1nc(C(C)(C)N)no1. The van der Waals surface area contributed by atoms with Gasteiger partial charge >= 0.3 is 0 Å². The predicted molar refractivity (Wildman–Crippen MR) is 53.6 cm³/mol. The summed E-state index contributed by atoms with van der Waals surface area (Å²) >= 11 is 1.75. The van der Waals surface area contributed by atoms with Crippen molar-refractivity contribution in [3.05, 3.63) is 11.7 Å². The van der Waals surface area contributed by atoms with Gasteiger partial charge in [0.1, 0.15) is 0 Å². The summed E-state index contributed by atoms with van der Waals surface area (Å²) in [7, 11) is 0. The summed E-state index contributed by atoms with van der Waals surface area (Å²) in [6.45, 7) is 3.71. The first kappa shape index (κ1) is 10.5. The zero-order valence-electron chi connectivity index (χ0n) is 8.20. The lowest BCUT2D eigenvalue weighted by molar-refractivity contribution is 0.364. The highest BCUT2D eigenvalue weighted by Crippen LogP contribution is 2.13. The van der Waals surface area contributed by atoms with Crippen LogP contribution in [0.15, 0.2) is 4.52 Å². The zero-order valence-corrected chi connectivity index (χ0v) is 9.02. The molecular weight excluding hydrogens is 186 g/mol. The first-order valence-electron chi connectivity index (χ1n) is 4.15. The highest BCUT2D eigenvalue weighted by Gasteiger charge is 2.20. The van der Waals surface area contributed by atoms with E-state index in [1.807, 2.05) is 20.1 Å². The van der Waals surface area contributed by atoms with E-state index in [2.05, 4.69) is 10.1 Å². The van der Waals surface area contributed by atoms with Crippen molar-refractivity contribution in [2.45, 2.75) is 25.8 Å². The first-order valence-corrected chi connectivity index (χ1v) is 5.54. The largest absolute Gasteiger partial charge is 0.339 e. The van der Waals surface area contributed by atoms with E-state index >= 15 is 0 Å². The normalized spacial score (nSPS) is 12.0.